The number of rotatable bonds is 9. The van der Waals surface area contributed by atoms with Gasteiger partial charge in [0, 0.05) is 15.9 Å². The average Bonchev–Trinajstić information content (AvgIpc) is 2.44. The first-order valence-electron chi connectivity index (χ1n) is 7.27. The summed E-state index contributed by atoms with van der Waals surface area (Å²) < 4.78 is 5.16. The van der Waals surface area contributed by atoms with Crippen LogP contribution in [0.3, 0.4) is 0 Å². The number of halogens is 3. The standard InChI is InChI=1S/C16H23BrCl2O/c1-3-4-5-6-7-8-9-13(17)12-10-15(19)16(20-2)11-14(12)18/h10-11,13H,3-9H2,1-2H3. The molecule has 1 unspecified atom stereocenters. The normalized spacial score (nSPS) is 12.4. The van der Waals surface area contributed by atoms with Crippen LogP contribution in [0, 0.1) is 0 Å². The van der Waals surface area contributed by atoms with Crippen molar-refractivity contribution in [1.29, 1.82) is 0 Å². The van der Waals surface area contributed by atoms with Crippen LogP contribution in [0.5, 0.6) is 5.75 Å². The molecule has 1 rings (SSSR count). The Morgan fingerprint density at radius 2 is 1.70 bits per heavy atom. The van der Waals surface area contributed by atoms with Crippen molar-refractivity contribution in [2.24, 2.45) is 0 Å². The van der Waals surface area contributed by atoms with E-state index < -0.39 is 0 Å². The molecule has 0 N–H and O–H groups in total. The van der Waals surface area contributed by atoms with Crippen molar-refractivity contribution in [1.82, 2.24) is 0 Å². The molecular formula is C16H23BrCl2O. The van der Waals surface area contributed by atoms with Crippen LogP contribution in [0.25, 0.3) is 0 Å². The van der Waals surface area contributed by atoms with Gasteiger partial charge in [-0.3, -0.25) is 0 Å². The summed E-state index contributed by atoms with van der Waals surface area (Å²) in [5, 5.41) is 1.32. The lowest BCUT2D eigenvalue weighted by Crippen LogP contribution is -1.94. The summed E-state index contributed by atoms with van der Waals surface area (Å²) in [6, 6.07) is 3.69. The van der Waals surface area contributed by atoms with Gasteiger partial charge < -0.3 is 4.74 Å². The Kier molecular flexibility index (Phi) is 8.99. The third-order valence-corrected chi connectivity index (χ3v) is 4.99. The second kappa shape index (κ2) is 9.92. The quantitative estimate of drug-likeness (QED) is 0.324. The summed E-state index contributed by atoms with van der Waals surface area (Å²) in [4.78, 5) is 0.254. The number of methoxy groups -OCH3 is 1. The predicted octanol–water partition coefficient (Wildman–Crippen LogP) is 7.19. The molecule has 20 heavy (non-hydrogen) atoms. The summed E-state index contributed by atoms with van der Waals surface area (Å²) in [5.74, 6) is 0.625. The Hall–Kier alpha value is 0.0800. The molecule has 0 saturated carbocycles. The molecule has 0 aliphatic rings. The fourth-order valence-electron chi connectivity index (χ4n) is 2.20. The van der Waals surface area contributed by atoms with Crippen molar-refractivity contribution >= 4 is 39.1 Å². The Morgan fingerprint density at radius 1 is 1.05 bits per heavy atom. The first-order chi connectivity index (χ1) is 9.60. The van der Waals surface area contributed by atoms with Gasteiger partial charge in [0.2, 0.25) is 0 Å². The molecule has 0 radical (unpaired) electrons. The average molecular weight is 382 g/mol. The predicted molar refractivity (Wildman–Crippen MR) is 92.7 cm³/mol. The molecule has 0 aromatic heterocycles. The van der Waals surface area contributed by atoms with Crippen LogP contribution >= 0.6 is 39.1 Å². The fourth-order valence-corrected chi connectivity index (χ4v) is 3.57. The number of benzene rings is 1. The van der Waals surface area contributed by atoms with Gasteiger partial charge in [-0.1, -0.05) is 84.6 Å². The third-order valence-electron chi connectivity index (χ3n) is 3.42. The largest absolute Gasteiger partial charge is 0.495 e. The Morgan fingerprint density at radius 3 is 2.35 bits per heavy atom. The van der Waals surface area contributed by atoms with E-state index in [1.165, 1.54) is 38.5 Å². The van der Waals surface area contributed by atoms with Crippen molar-refractivity contribution < 1.29 is 4.74 Å². The van der Waals surface area contributed by atoms with Crippen LogP contribution in [-0.4, -0.2) is 7.11 Å². The molecule has 0 amide bonds. The second-order valence-corrected chi connectivity index (χ2v) is 6.95. The summed E-state index contributed by atoms with van der Waals surface area (Å²) in [7, 11) is 1.60. The van der Waals surface area contributed by atoms with Gasteiger partial charge in [0.1, 0.15) is 5.75 Å². The van der Waals surface area contributed by atoms with Crippen LogP contribution in [0.4, 0.5) is 0 Å². The summed E-state index contributed by atoms with van der Waals surface area (Å²) in [5.41, 5.74) is 1.05. The zero-order valence-electron chi connectivity index (χ0n) is 12.2. The van der Waals surface area contributed by atoms with E-state index in [1.54, 1.807) is 13.2 Å². The van der Waals surface area contributed by atoms with E-state index in [9.17, 15) is 0 Å². The van der Waals surface area contributed by atoms with Gasteiger partial charge in [0.25, 0.3) is 0 Å². The number of unbranched alkanes of at least 4 members (excludes halogenated alkanes) is 5. The Labute approximate surface area is 141 Å². The fraction of sp³-hybridized carbons (Fsp3) is 0.625. The van der Waals surface area contributed by atoms with Gasteiger partial charge in [-0.05, 0) is 18.1 Å². The van der Waals surface area contributed by atoms with Crippen LogP contribution in [0.15, 0.2) is 12.1 Å². The molecule has 0 aliphatic carbocycles. The highest BCUT2D eigenvalue weighted by Gasteiger charge is 2.14. The molecule has 1 aromatic rings. The van der Waals surface area contributed by atoms with Gasteiger partial charge in [-0.25, -0.2) is 0 Å². The maximum absolute atomic E-state index is 6.29. The number of alkyl halides is 1. The van der Waals surface area contributed by atoms with E-state index in [-0.39, 0.29) is 4.83 Å². The van der Waals surface area contributed by atoms with E-state index in [0.717, 1.165) is 12.0 Å². The lowest BCUT2D eigenvalue weighted by Gasteiger charge is -2.14. The van der Waals surface area contributed by atoms with Crippen molar-refractivity contribution in [3.05, 3.63) is 27.7 Å². The summed E-state index contributed by atoms with van der Waals surface area (Å²) in [6.07, 6.45) is 8.87. The third kappa shape index (κ3) is 5.83. The van der Waals surface area contributed by atoms with Crippen LogP contribution in [0.1, 0.15) is 62.3 Å². The van der Waals surface area contributed by atoms with Crippen molar-refractivity contribution in [2.45, 2.75) is 56.7 Å². The molecule has 0 spiro atoms. The smallest absolute Gasteiger partial charge is 0.138 e. The summed E-state index contributed by atoms with van der Waals surface area (Å²) in [6.45, 7) is 2.24. The highest BCUT2D eigenvalue weighted by Crippen LogP contribution is 2.39. The van der Waals surface area contributed by atoms with Gasteiger partial charge in [-0.15, -0.1) is 0 Å². The molecule has 0 fully saturated rings. The van der Waals surface area contributed by atoms with Gasteiger partial charge >= 0.3 is 0 Å². The molecule has 0 aliphatic heterocycles. The van der Waals surface area contributed by atoms with E-state index in [0.29, 0.717) is 15.8 Å². The maximum Gasteiger partial charge on any atom is 0.138 e. The molecule has 1 aromatic carbocycles. The minimum atomic E-state index is 0.254. The number of hydrogen-bond acceptors (Lipinski definition) is 1. The van der Waals surface area contributed by atoms with E-state index >= 15 is 0 Å². The van der Waals surface area contributed by atoms with Gasteiger partial charge in [0.05, 0.1) is 12.1 Å². The monoisotopic (exact) mass is 380 g/mol. The van der Waals surface area contributed by atoms with E-state index in [2.05, 4.69) is 22.9 Å². The number of hydrogen-bond donors (Lipinski definition) is 0. The summed E-state index contributed by atoms with van der Waals surface area (Å²) >= 11 is 16.2. The van der Waals surface area contributed by atoms with Crippen LogP contribution < -0.4 is 4.74 Å². The minimum absolute atomic E-state index is 0.254. The van der Waals surface area contributed by atoms with E-state index in [4.69, 9.17) is 27.9 Å². The minimum Gasteiger partial charge on any atom is -0.495 e. The molecule has 1 atom stereocenters. The topological polar surface area (TPSA) is 9.23 Å². The molecule has 0 bridgehead atoms. The Balaban J connectivity index is 2.47. The van der Waals surface area contributed by atoms with Crippen molar-refractivity contribution in [3.8, 4) is 5.75 Å². The van der Waals surface area contributed by atoms with Gasteiger partial charge in [0.15, 0.2) is 0 Å². The first kappa shape index (κ1) is 18.1. The lowest BCUT2D eigenvalue weighted by molar-refractivity contribution is 0.415. The highest BCUT2D eigenvalue weighted by atomic mass is 79.9. The second-order valence-electron chi connectivity index (χ2n) is 5.03. The molecule has 4 heteroatoms. The Bertz CT molecular complexity index is 410. The SMILES string of the molecule is CCCCCCCCC(Br)c1cc(Cl)c(OC)cc1Cl. The first-order valence-corrected chi connectivity index (χ1v) is 8.94. The van der Waals surface area contributed by atoms with Gasteiger partial charge in [-0.2, -0.15) is 0 Å². The van der Waals surface area contributed by atoms with Crippen LogP contribution in [0.2, 0.25) is 10.0 Å². The number of ether oxygens (including phenoxy) is 1. The van der Waals surface area contributed by atoms with Crippen molar-refractivity contribution in [2.75, 3.05) is 7.11 Å². The maximum atomic E-state index is 6.29. The molecule has 114 valence electrons. The zero-order valence-corrected chi connectivity index (χ0v) is 15.3. The molecule has 0 heterocycles. The highest BCUT2D eigenvalue weighted by molar-refractivity contribution is 9.09. The van der Waals surface area contributed by atoms with Crippen molar-refractivity contribution in [3.63, 3.8) is 0 Å². The zero-order chi connectivity index (χ0) is 15.0. The molecule has 1 nitrogen and oxygen atoms in total. The molecule has 0 saturated heterocycles. The van der Waals surface area contributed by atoms with Crippen LogP contribution in [-0.2, 0) is 0 Å². The lowest BCUT2D eigenvalue weighted by atomic mass is 10.0. The van der Waals surface area contributed by atoms with E-state index in [1.807, 2.05) is 6.07 Å². The molecular weight excluding hydrogens is 359 g/mol.